The molecular formula is C10H13NO5. The van der Waals surface area contributed by atoms with Crippen LogP contribution < -0.4 is 0 Å². The van der Waals surface area contributed by atoms with E-state index < -0.39 is 17.9 Å². The zero-order valence-electron chi connectivity index (χ0n) is 8.76. The highest BCUT2D eigenvalue weighted by atomic mass is 16.7. The molecule has 0 aromatic carbocycles. The fraction of sp³-hybridized carbons (Fsp3) is 0.700. The highest BCUT2D eigenvalue weighted by Crippen LogP contribution is 2.25. The van der Waals surface area contributed by atoms with Crippen molar-refractivity contribution >= 4 is 18.3 Å². The van der Waals surface area contributed by atoms with E-state index >= 15 is 0 Å². The third kappa shape index (κ3) is 2.06. The monoisotopic (exact) mass is 227 g/mol. The van der Waals surface area contributed by atoms with Crippen molar-refractivity contribution in [1.29, 1.82) is 0 Å². The van der Waals surface area contributed by atoms with Crippen molar-refractivity contribution in [3.8, 4) is 0 Å². The molecule has 2 fully saturated rings. The minimum atomic E-state index is -1.01. The Balaban J connectivity index is 1.95. The number of hydrogen-bond acceptors (Lipinski definition) is 5. The van der Waals surface area contributed by atoms with Gasteiger partial charge >= 0.3 is 0 Å². The molecule has 1 unspecified atom stereocenters. The molecule has 0 radical (unpaired) electrons. The second kappa shape index (κ2) is 4.61. The molecule has 1 aliphatic heterocycles. The van der Waals surface area contributed by atoms with Gasteiger partial charge in [-0.3, -0.25) is 19.2 Å². The van der Waals surface area contributed by atoms with Crippen LogP contribution >= 0.6 is 0 Å². The number of nitrogens with zero attached hydrogens (tertiary/aromatic N) is 1. The summed E-state index contributed by atoms with van der Waals surface area (Å²) in [7, 11) is 0. The van der Waals surface area contributed by atoms with Crippen LogP contribution in [0.1, 0.15) is 32.1 Å². The molecule has 6 nitrogen and oxygen atoms in total. The first-order chi connectivity index (χ1) is 7.72. The number of carbonyl (C=O) groups is 3. The zero-order valence-corrected chi connectivity index (χ0v) is 8.76. The summed E-state index contributed by atoms with van der Waals surface area (Å²) in [6, 6.07) is 0. The Labute approximate surface area is 92.4 Å². The lowest BCUT2D eigenvalue weighted by Gasteiger charge is -2.18. The van der Waals surface area contributed by atoms with Crippen LogP contribution in [0.3, 0.4) is 0 Å². The first-order valence-corrected chi connectivity index (χ1v) is 5.35. The van der Waals surface area contributed by atoms with Gasteiger partial charge in [0.05, 0.1) is 12.5 Å². The average molecular weight is 227 g/mol. The average Bonchev–Trinajstić information content (AvgIpc) is 2.84. The molecule has 1 heterocycles. The lowest BCUT2D eigenvalue weighted by Crippen LogP contribution is -2.35. The van der Waals surface area contributed by atoms with Gasteiger partial charge in [0.15, 0.2) is 6.10 Å². The summed E-state index contributed by atoms with van der Waals surface area (Å²) in [5, 5.41) is 0.754. The molecule has 88 valence electrons. The van der Waals surface area contributed by atoms with Crippen LogP contribution in [0.25, 0.3) is 0 Å². The maximum absolute atomic E-state index is 11.6. The Hall–Kier alpha value is -1.43. The summed E-state index contributed by atoms with van der Waals surface area (Å²) in [4.78, 5) is 38.5. The number of carbonyl (C=O) groups excluding carboxylic acids is 3. The Bertz CT molecular complexity index is 310. The fourth-order valence-electron chi connectivity index (χ4n) is 2.01. The van der Waals surface area contributed by atoms with Gasteiger partial charge in [0.2, 0.25) is 0 Å². The van der Waals surface area contributed by atoms with Gasteiger partial charge in [-0.2, -0.15) is 0 Å². The van der Waals surface area contributed by atoms with Gasteiger partial charge in [0.25, 0.3) is 18.3 Å². The molecule has 1 aliphatic carbocycles. The minimum absolute atomic E-state index is 0.0668. The van der Waals surface area contributed by atoms with Crippen LogP contribution in [0.5, 0.6) is 0 Å². The van der Waals surface area contributed by atoms with Gasteiger partial charge in [0, 0.05) is 0 Å². The van der Waals surface area contributed by atoms with Crippen molar-refractivity contribution in [2.75, 3.05) is 0 Å². The number of imide groups is 1. The van der Waals surface area contributed by atoms with Gasteiger partial charge in [-0.1, -0.05) is 12.8 Å². The molecule has 2 aliphatic rings. The lowest BCUT2D eigenvalue weighted by atomic mass is 10.3. The summed E-state index contributed by atoms with van der Waals surface area (Å²) >= 11 is 0. The molecule has 1 atom stereocenters. The molecule has 6 heteroatoms. The van der Waals surface area contributed by atoms with Crippen LogP contribution in [-0.4, -0.2) is 35.6 Å². The van der Waals surface area contributed by atoms with Crippen LogP contribution in [0.2, 0.25) is 0 Å². The number of ether oxygens (including phenoxy) is 1. The van der Waals surface area contributed by atoms with Crippen molar-refractivity contribution in [3.05, 3.63) is 0 Å². The van der Waals surface area contributed by atoms with Crippen LogP contribution in [-0.2, 0) is 24.0 Å². The summed E-state index contributed by atoms with van der Waals surface area (Å²) in [5.41, 5.74) is 0. The standard InChI is InChI=1S/C10H13NO5/c12-6-15-8-5-9(13)11(10(8)14)16-7-3-1-2-4-7/h6-8H,1-5H2. The predicted molar refractivity (Wildman–Crippen MR) is 50.7 cm³/mol. The Kier molecular flexibility index (Phi) is 3.19. The summed E-state index contributed by atoms with van der Waals surface area (Å²) in [5.74, 6) is -1.02. The Morgan fingerprint density at radius 3 is 2.56 bits per heavy atom. The fourth-order valence-corrected chi connectivity index (χ4v) is 2.01. The number of hydroxylamine groups is 2. The molecule has 0 aromatic rings. The van der Waals surface area contributed by atoms with Crippen LogP contribution in [0.4, 0.5) is 0 Å². The van der Waals surface area contributed by atoms with E-state index in [0.717, 1.165) is 30.7 Å². The Morgan fingerprint density at radius 2 is 1.94 bits per heavy atom. The second-order valence-electron chi connectivity index (χ2n) is 3.96. The molecule has 2 rings (SSSR count). The van der Waals surface area contributed by atoms with E-state index in [1.54, 1.807) is 0 Å². The van der Waals surface area contributed by atoms with E-state index in [1.807, 2.05) is 0 Å². The minimum Gasteiger partial charge on any atom is -0.454 e. The van der Waals surface area contributed by atoms with E-state index in [4.69, 9.17) is 4.84 Å². The van der Waals surface area contributed by atoms with E-state index in [-0.39, 0.29) is 19.0 Å². The number of amides is 2. The van der Waals surface area contributed by atoms with E-state index in [9.17, 15) is 14.4 Å². The molecule has 0 spiro atoms. The third-order valence-corrected chi connectivity index (χ3v) is 2.84. The van der Waals surface area contributed by atoms with Gasteiger partial charge in [-0.25, -0.2) is 0 Å². The molecule has 1 saturated carbocycles. The van der Waals surface area contributed by atoms with Gasteiger partial charge in [-0.15, -0.1) is 5.06 Å². The predicted octanol–water partition coefficient (Wildman–Crippen LogP) is 0.161. The van der Waals surface area contributed by atoms with Crippen LogP contribution in [0, 0.1) is 0 Å². The molecule has 2 amide bonds. The highest BCUT2D eigenvalue weighted by Gasteiger charge is 2.42. The zero-order chi connectivity index (χ0) is 11.5. The quantitative estimate of drug-likeness (QED) is 0.505. The molecular weight excluding hydrogens is 214 g/mol. The maximum atomic E-state index is 11.6. The van der Waals surface area contributed by atoms with Crippen molar-refractivity contribution in [1.82, 2.24) is 5.06 Å². The summed E-state index contributed by atoms with van der Waals surface area (Å²) in [6.45, 7) is 0.176. The summed E-state index contributed by atoms with van der Waals surface area (Å²) in [6.07, 6.45) is 2.62. The van der Waals surface area contributed by atoms with E-state index in [0.29, 0.717) is 0 Å². The van der Waals surface area contributed by atoms with E-state index in [2.05, 4.69) is 4.74 Å². The normalized spacial score (nSPS) is 26.5. The first kappa shape index (κ1) is 11.1. The van der Waals surface area contributed by atoms with Crippen molar-refractivity contribution in [2.45, 2.75) is 44.3 Å². The van der Waals surface area contributed by atoms with Crippen molar-refractivity contribution < 1.29 is 24.0 Å². The van der Waals surface area contributed by atoms with Gasteiger partial charge in [0.1, 0.15) is 0 Å². The van der Waals surface area contributed by atoms with Gasteiger partial charge < -0.3 is 4.74 Å². The molecule has 0 N–H and O–H groups in total. The van der Waals surface area contributed by atoms with E-state index in [1.165, 1.54) is 0 Å². The largest absolute Gasteiger partial charge is 0.454 e. The first-order valence-electron chi connectivity index (χ1n) is 5.35. The third-order valence-electron chi connectivity index (χ3n) is 2.84. The number of hydrogen-bond donors (Lipinski definition) is 0. The van der Waals surface area contributed by atoms with Crippen molar-refractivity contribution in [2.24, 2.45) is 0 Å². The molecule has 1 saturated heterocycles. The molecule has 0 bridgehead atoms. The smallest absolute Gasteiger partial charge is 0.295 e. The molecule has 16 heavy (non-hydrogen) atoms. The SMILES string of the molecule is O=COC1CC(=O)N(OC2CCCC2)C1=O. The Morgan fingerprint density at radius 1 is 1.25 bits per heavy atom. The van der Waals surface area contributed by atoms with Crippen LogP contribution in [0.15, 0.2) is 0 Å². The number of rotatable bonds is 4. The lowest BCUT2D eigenvalue weighted by molar-refractivity contribution is -0.204. The highest BCUT2D eigenvalue weighted by molar-refractivity contribution is 6.04. The second-order valence-corrected chi connectivity index (χ2v) is 3.96. The maximum Gasteiger partial charge on any atom is 0.295 e. The molecule has 0 aromatic heterocycles. The summed E-state index contributed by atoms with van der Waals surface area (Å²) < 4.78 is 4.51. The van der Waals surface area contributed by atoms with Gasteiger partial charge in [-0.05, 0) is 12.8 Å². The van der Waals surface area contributed by atoms with Crippen molar-refractivity contribution in [3.63, 3.8) is 0 Å². The topological polar surface area (TPSA) is 72.9 Å².